The van der Waals surface area contributed by atoms with Crippen molar-refractivity contribution in [3.05, 3.63) is 28.8 Å². The maximum absolute atomic E-state index is 12.2. The van der Waals surface area contributed by atoms with Crippen LogP contribution in [-0.4, -0.2) is 45.5 Å². The summed E-state index contributed by atoms with van der Waals surface area (Å²) in [5.74, 6) is -0.282. The third-order valence-corrected chi connectivity index (χ3v) is 3.86. The Bertz CT molecular complexity index is 597. The van der Waals surface area contributed by atoms with Gasteiger partial charge in [-0.15, -0.1) is 0 Å². The first-order valence-corrected chi connectivity index (χ1v) is 7.51. The molecule has 0 atom stereocenters. The molecule has 8 heteroatoms. The average molecular weight is 305 g/mol. The number of morpholine rings is 1. The van der Waals surface area contributed by atoms with E-state index in [1.54, 1.807) is 4.90 Å². The van der Waals surface area contributed by atoms with Crippen LogP contribution in [0.4, 0.5) is 0 Å². The smallest absolute Gasteiger partial charge is 0.254 e. The van der Waals surface area contributed by atoms with Gasteiger partial charge in [-0.05, 0) is 18.2 Å². The Morgan fingerprint density at radius 3 is 2.47 bits per heavy atom. The second-order valence-corrected chi connectivity index (χ2v) is 6.12. The monoisotopic (exact) mass is 304 g/mol. The number of hydrogen-bond donors (Lipinski definition) is 1. The average Bonchev–Trinajstić information content (AvgIpc) is 2.37. The van der Waals surface area contributed by atoms with E-state index < -0.39 is 10.0 Å². The molecule has 1 aliphatic rings. The number of carbonyl (C=O) groups is 1. The van der Waals surface area contributed by atoms with Gasteiger partial charge in [0.05, 0.1) is 18.1 Å². The lowest BCUT2D eigenvalue weighted by Crippen LogP contribution is -2.40. The van der Waals surface area contributed by atoms with Gasteiger partial charge in [-0.3, -0.25) is 4.79 Å². The molecule has 0 aliphatic carbocycles. The predicted octanol–water partition coefficient (Wildman–Crippen LogP) is 0.460. The molecule has 0 bridgehead atoms. The number of sulfonamides is 1. The van der Waals surface area contributed by atoms with Crippen molar-refractivity contribution < 1.29 is 17.9 Å². The number of hydrogen-bond acceptors (Lipinski definition) is 4. The van der Waals surface area contributed by atoms with Crippen LogP contribution in [-0.2, 0) is 14.8 Å². The number of nitrogens with two attached hydrogens (primary N) is 1. The van der Waals surface area contributed by atoms with Gasteiger partial charge in [-0.25, -0.2) is 13.6 Å². The summed E-state index contributed by atoms with van der Waals surface area (Å²) < 4.78 is 27.8. The summed E-state index contributed by atoms with van der Waals surface area (Å²) in [6.07, 6.45) is 0. The molecule has 19 heavy (non-hydrogen) atoms. The van der Waals surface area contributed by atoms with Crippen LogP contribution < -0.4 is 5.14 Å². The fourth-order valence-corrected chi connectivity index (χ4v) is 2.68. The number of rotatable bonds is 2. The lowest BCUT2D eigenvalue weighted by atomic mass is 10.2. The third-order valence-electron chi connectivity index (χ3n) is 2.75. The maximum atomic E-state index is 12.2. The lowest BCUT2D eigenvalue weighted by Gasteiger charge is -2.27. The van der Waals surface area contributed by atoms with E-state index in [4.69, 9.17) is 21.5 Å². The van der Waals surface area contributed by atoms with Crippen molar-refractivity contribution in [1.29, 1.82) is 0 Å². The zero-order valence-electron chi connectivity index (χ0n) is 10.0. The van der Waals surface area contributed by atoms with Gasteiger partial charge >= 0.3 is 0 Å². The standard InChI is InChI=1S/C11H13ClN2O4S/c12-9-5-8(6-10(7-9)19(13,16)17)11(15)14-1-3-18-4-2-14/h5-7H,1-4H2,(H2,13,16,17). The van der Waals surface area contributed by atoms with Gasteiger partial charge < -0.3 is 9.64 Å². The second kappa shape index (κ2) is 5.46. The zero-order valence-corrected chi connectivity index (χ0v) is 11.6. The van der Waals surface area contributed by atoms with E-state index in [1.165, 1.54) is 18.2 Å². The van der Waals surface area contributed by atoms with E-state index in [9.17, 15) is 13.2 Å². The van der Waals surface area contributed by atoms with Crippen molar-refractivity contribution in [1.82, 2.24) is 4.90 Å². The van der Waals surface area contributed by atoms with Crippen molar-refractivity contribution in [3.63, 3.8) is 0 Å². The van der Waals surface area contributed by atoms with E-state index in [0.717, 1.165) is 0 Å². The minimum absolute atomic E-state index is 0.156. The number of primary sulfonamides is 1. The highest BCUT2D eigenvalue weighted by Gasteiger charge is 2.21. The van der Waals surface area contributed by atoms with Crippen LogP contribution in [0, 0.1) is 0 Å². The van der Waals surface area contributed by atoms with E-state index >= 15 is 0 Å². The number of benzene rings is 1. The number of carbonyl (C=O) groups excluding carboxylic acids is 1. The highest BCUT2D eigenvalue weighted by molar-refractivity contribution is 7.89. The molecular formula is C11H13ClN2O4S. The molecule has 104 valence electrons. The van der Waals surface area contributed by atoms with Gasteiger partial charge in [0.15, 0.2) is 0 Å². The van der Waals surface area contributed by atoms with Crippen LogP contribution in [0.25, 0.3) is 0 Å². The van der Waals surface area contributed by atoms with E-state index in [2.05, 4.69) is 0 Å². The van der Waals surface area contributed by atoms with Gasteiger partial charge in [0.1, 0.15) is 0 Å². The molecule has 1 saturated heterocycles. The molecule has 6 nitrogen and oxygen atoms in total. The fraction of sp³-hybridized carbons (Fsp3) is 0.364. The Labute approximate surface area is 116 Å². The van der Waals surface area contributed by atoms with Crippen LogP contribution in [0.1, 0.15) is 10.4 Å². The minimum Gasteiger partial charge on any atom is -0.378 e. The number of amides is 1. The normalized spacial score (nSPS) is 16.4. The molecule has 1 fully saturated rings. The first kappa shape index (κ1) is 14.3. The largest absolute Gasteiger partial charge is 0.378 e. The molecule has 0 unspecified atom stereocenters. The molecule has 1 aromatic carbocycles. The van der Waals surface area contributed by atoms with Crippen LogP contribution in [0.3, 0.4) is 0 Å². The molecule has 1 heterocycles. The number of ether oxygens (including phenoxy) is 1. The molecular weight excluding hydrogens is 292 g/mol. The molecule has 0 saturated carbocycles. The summed E-state index contributed by atoms with van der Waals surface area (Å²) in [4.78, 5) is 13.6. The van der Waals surface area contributed by atoms with Crippen LogP contribution in [0.5, 0.6) is 0 Å². The van der Waals surface area contributed by atoms with Crippen molar-refractivity contribution in [2.45, 2.75) is 4.90 Å². The molecule has 2 rings (SSSR count). The molecule has 1 aliphatic heterocycles. The van der Waals surface area contributed by atoms with Gasteiger partial charge in [-0.2, -0.15) is 0 Å². The molecule has 2 N–H and O–H groups in total. The third kappa shape index (κ3) is 3.44. The minimum atomic E-state index is -3.89. The fourth-order valence-electron chi connectivity index (χ4n) is 1.80. The zero-order chi connectivity index (χ0) is 14.0. The van der Waals surface area contributed by atoms with Crippen LogP contribution in [0.2, 0.25) is 5.02 Å². The molecule has 0 radical (unpaired) electrons. The van der Waals surface area contributed by atoms with Gasteiger partial charge in [0.25, 0.3) is 5.91 Å². The van der Waals surface area contributed by atoms with Crippen molar-refractivity contribution in [3.8, 4) is 0 Å². The summed E-state index contributed by atoms with van der Waals surface area (Å²) in [6.45, 7) is 1.87. The van der Waals surface area contributed by atoms with E-state index in [1.807, 2.05) is 0 Å². The van der Waals surface area contributed by atoms with Crippen LogP contribution >= 0.6 is 11.6 Å². The Morgan fingerprint density at radius 2 is 1.89 bits per heavy atom. The number of halogens is 1. The van der Waals surface area contributed by atoms with Gasteiger partial charge in [0.2, 0.25) is 10.0 Å². The molecule has 0 spiro atoms. The maximum Gasteiger partial charge on any atom is 0.254 e. The summed E-state index contributed by atoms with van der Waals surface area (Å²) >= 11 is 5.82. The topological polar surface area (TPSA) is 89.7 Å². The first-order chi connectivity index (χ1) is 8.88. The van der Waals surface area contributed by atoms with Crippen molar-refractivity contribution in [2.24, 2.45) is 5.14 Å². The predicted molar refractivity (Wildman–Crippen MR) is 69.5 cm³/mol. The van der Waals surface area contributed by atoms with E-state index in [-0.39, 0.29) is 21.4 Å². The van der Waals surface area contributed by atoms with Crippen LogP contribution in [0.15, 0.2) is 23.1 Å². The quantitative estimate of drug-likeness (QED) is 0.859. The second-order valence-electron chi connectivity index (χ2n) is 4.13. The first-order valence-electron chi connectivity index (χ1n) is 5.58. The van der Waals surface area contributed by atoms with Gasteiger partial charge in [0, 0.05) is 23.7 Å². The van der Waals surface area contributed by atoms with E-state index in [0.29, 0.717) is 26.3 Å². The van der Waals surface area contributed by atoms with Crippen molar-refractivity contribution in [2.75, 3.05) is 26.3 Å². The molecule has 0 aromatic heterocycles. The summed E-state index contributed by atoms with van der Waals surface area (Å²) in [5, 5.41) is 5.20. The summed E-state index contributed by atoms with van der Waals surface area (Å²) in [5.41, 5.74) is 0.207. The summed E-state index contributed by atoms with van der Waals surface area (Å²) in [7, 11) is -3.89. The molecule has 1 aromatic rings. The highest BCUT2D eigenvalue weighted by Crippen LogP contribution is 2.19. The summed E-state index contributed by atoms with van der Waals surface area (Å²) in [6, 6.07) is 3.88. The number of nitrogens with zero attached hydrogens (tertiary/aromatic N) is 1. The highest BCUT2D eigenvalue weighted by atomic mass is 35.5. The SMILES string of the molecule is NS(=O)(=O)c1cc(Cl)cc(C(=O)N2CCOCC2)c1. The van der Waals surface area contributed by atoms with Crippen molar-refractivity contribution >= 4 is 27.5 Å². The Kier molecular flexibility index (Phi) is 4.10. The van der Waals surface area contributed by atoms with Gasteiger partial charge in [-0.1, -0.05) is 11.6 Å². The lowest BCUT2D eigenvalue weighted by molar-refractivity contribution is 0.0302. The Balaban J connectivity index is 2.34. The molecule has 1 amide bonds. The Hall–Kier alpha value is -1.15. The Morgan fingerprint density at radius 1 is 1.26 bits per heavy atom.